The van der Waals surface area contributed by atoms with E-state index >= 15 is 0 Å². The molecular formula is C25H27N3O3. The van der Waals surface area contributed by atoms with Crippen LogP contribution >= 0.6 is 0 Å². The lowest BCUT2D eigenvalue weighted by Crippen LogP contribution is -2.30. The van der Waals surface area contributed by atoms with Gasteiger partial charge in [-0.05, 0) is 54.8 Å². The molecule has 0 unspecified atom stereocenters. The average molecular weight is 418 g/mol. The third-order valence-electron chi connectivity index (χ3n) is 4.58. The number of hydrogen-bond acceptors (Lipinski definition) is 5. The second-order valence-electron chi connectivity index (χ2n) is 7.02. The fraction of sp³-hybridized carbons (Fsp3) is 0.200. The molecule has 31 heavy (non-hydrogen) atoms. The second-order valence-corrected chi connectivity index (χ2v) is 7.02. The van der Waals surface area contributed by atoms with Crippen LogP contribution in [-0.2, 0) is 11.2 Å². The molecule has 6 nitrogen and oxygen atoms in total. The van der Waals surface area contributed by atoms with Crippen LogP contribution in [0.1, 0.15) is 16.7 Å². The van der Waals surface area contributed by atoms with Crippen molar-refractivity contribution in [2.45, 2.75) is 13.3 Å². The van der Waals surface area contributed by atoms with Crippen LogP contribution < -0.4 is 20.2 Å². The van der Waals surface area contributed by atoms with Crippen LogP contribution in [0.3, 0.4) is 0 Å². The molecule has 0 heterocycles. The van der Waals surface area contributed by atoms with Gasteiger partial charge in [0.1, 0.15) is 0 Å². The van der Waals surface area contributed by atoms with Gasteiger partial charge in [-0.3, -0.25) is 10.2 Å². The predicted molar refractivity (Wildman–Crippen MR) is 124 cm³/mol. The van der Waals surface area contributed by atoms with E-state index in [9.17, 15) is 4.79 Å². The molecule has 0 aliphatic rings. The van der Waals surface area contributed by atoms with Crippen molar-refractivity contribution in [2.24, 2.45) is 5.10 Å². The summed E-state index contributed by atoms with van der Waals surface area (Å²) >= 11 is 0. The van der Waals surface area contributed by atoms with Gasteiger partial charge < -0.3 is 14.8 Å². The number of amides is 1. The lowest BCUT2D eigenvalue weighted by Gasteiger charge is -2.11. The molecule has 0 bridgehead atoms. The van der Waals surface area contributed by atoms with Crippen molar-refractivity contribution < 1.29 is 14.3 Å². The molecule has 3 aromatic carbocycles. The first kappa shape index (κ1) is 21.9. The molecule has 6 heteroatoms. The van der Waals surface area contributed by atoms with Crippen molar-refractivity contribution in [3.05, 3.63) is 89.5 Å². The van der Waals surface area contributed by atoms with Gasteiger partial charge in [0.05, 0.1) is 19.0 Å². The lowest BCUT2D eigenvalue weighted by atomic mass is 10.1. The molecule has 3 aromatic rings. The Kier molecular flexibility index (Phi) is 8.05. The van der Waals surface area contributed by atoms with Gasteiger partial charge in [0.25, 0.3) is 5.91 Å². The van der Waals surface area contributed by atoms with E-state index in [0.29, 0.717) is 18.0 Å². The number of nitrogens with one attached hydrogen (secondary N) is 2. The molecular weight excluding hydrogens is 390 g/mol. The Morgan fingerprint density at radius 3 is 2.52 bits per heavy atom. The van der Waals surface area contributed by atoms with Crippen LogP contribution in [0.25, 0.3) is 0 Å². The summed E-state index contributed by atoms with van der Waals surface area (Å²) < 4.78 is 11.0. The molecule has 0 aliphatic carbocycles. The summed E-state index contributed by atoms with van der Waals surface area (Å²) in [6, 6.07) is 23.4. The van der Waals surface area contributed by atoms with Crippen LogP contribution in [0, 0.1) is 6.92 Å². The molecule has 3 rings (SSSR count). The van der Waals surface area contributed by atoms with Crippen LogP contribution in [0.2, 0.25) is 0 Å². The first-order chi connectivity index (χ1) is 15.1. The molecule has 0 saturated heterocycles. The molecule has 0 saturated carbocycles. The molecule has 0 spiro atoms. The van der Waals surface area contributed by atoms with E-state index in [2.05, 4.69) is 15.8 Å². The molecule has 0 atom stereocenters. The lowest BCUT2D eigenvalue weighted by molar-refractivity contribution is -0.123. The summed E-state index contributed by atoms with van der Waals surface area (Å²) in [5.41, 5.74) is 7.12. The van der Waals surface area contributed by atoms with Gasteiger partial charge in [0.2, 0.25) is 0 Å². The minimum atomic E-state index is -0.175. The van der Waals surface area contributed by atoms with Gasteiger partial charge in [0.15, 0.2) is 18.1 Å². The minimum Gasteiger partial charge on any atom is -0.493 e. The summed E-state index contributed by atoms with van der Waals surface area (Å²) in [5, 5.41) is 7.11. The number of aryl methyl sites for hydroxylation is 1. The highest BCUT2D eigenvalue weighted by molar-refractivity contribution is 5.82. The standard InChI is InChI=1S/C25H27N3O3/c1-19-8-11-22(12-9-19)28-27-17-21-10-13-23(24(16-21)30-2)31-18-25(29)26-15-14-20-6-4-3-5-7-20/h3-13,16-17,28H,14-15,18H2,1-2H3,(H,26,29)/b27-17+. The number of rotatable bonds is 10. The van der Waals surface area contributed by atoms with Crippen LogP contribution in [0.15, 0.2) is 77.9 Å². The average Bonchev–Trinajstić information content (AvgIpc) is 2.80. The zero-order valence-corrected chi connectivity index (χ0v) is 17.8. The van der Waals surface area contributed by atoms with Crippen molar-refractivity contribution in [1.29, 1.82) is 0 Å². The number of benzene rings is 3. The Morgan fingerprint density at radius 1 is 1.00 bits per heavy atom. The van der Waals surface area contributed by atoms with Crippen molar-refractivity contribution >= 4 is 17.8 Å². The highest BCUT2D eigenvalue weighted by Crippen LogP contribution is 2.27. The zero-order valence-electron chi connectivity index (χ0n) is 17.8. The number of ether oxygens (including phenoxy) is 2. The first-order valence-corrected chi connectivity index (χ1v) is 10.1. The smallest absolute Gasteiger partial charge is 0.257 e. The van der Waals surface area contributed by atoms with Crippen molar-refractivity contribution in [3.63, 3.8) is 0 Å². The quantitative estimate of drug-likeness (QED) is 0.383. The number of carbonyl (C=O) groups is 1. The number of nitrogens with zero attached hydrogens (tertiary/aromatic N) is 1. The number of hydrazone groups is 1. The van der Waals surface area contributed by atoms with Gasteiger partial charge in [-0.1, -0.05) is 48.0 Å². The molecule has 0 radical (unpaired) electrons. The molecule has 160 valence electrons. The maximum absolute atomic E-state index is 12.1. The second kappa shape index (κ2) is 11.4. The van der Waals surface area contributed by atoms with Crippen LogP contribution in [0.4, 0.5) is 5.69 Å². The largest absolute Gasteiger partial charge is 0.493 e. The number of hydrogen-bond donors (Lipinski definition) is 2. The van der Waals surface area contributed by atoms with Crippen molar-refractivity contribution in [1.82, 2.24) is 5.32 Å². The SMILES string of the molecule is COc1cc(/C=N/Nc2ccc(C)cc2)ccc1OCC(=O)NCCc1ccccc1. The van der Waals surface area contributed by atoms with E-state index in [0.717, 1.165) is 17.7 Å². The van der Waals surface area contributed by atoms with Gasteiger partial charge >= 0.3 is 0 Å². The third kappa shape index (κ3) is 7.19. The molecule has 0 aliphatic heterocycles. The Hall–Kier alpha value is -3.80. The maximum atomic E-state index is 12.1. The Labute approximate surface area is 182 Å². The Morgan fingerprint density at radius 2 is 1.77 bits per heavy atom. The predicted octanol–water partition coefficient (Wildman–Crippen LogP) is 4.19. The normalized spacial score (nSPS) is 10.6. The highest BCUT2D eigenvalue weighted by atomic mass is 16.5. The summed E-state index contributed by atoms with van der Waals surface area (Å²) in [7, 11) is 1.56. The van der Waals surface area contributed by atoms with E-state index < -0.39 is 0 Å². The molecule has 0 fully saturated rings. The fourth-order valence-corrected chi connectivity index (χ4v) is 2.88. The van der Waals surface area contributed by atoms with Crippen LogP contribution in [0.5, 0.6) is 11.5 Å². The molecule has 0 aromatic heterocycles. The Bertz CT molecular complexity index is 1000. The fourth-order valence-electron chi connectivity index (χ4n) is 2.88. The summed E-state index contributed by atoms with van der Waals surface area (Å²) in [4.78, 5) is 12.1. The molecule has 1 amide bonds. The van der Waals surface area contributed by atoms with Crippen LogP contribution in [-0.4, -0.2) is 32.4 Å². The number of methoxy groups -OCH3 is 1. The van der Waals surface area contributed by atoms with E-state index in [1.165, 1.54) is 11.1 Å². The van der Waals surface area contributed by atoms with E-state index in [1.54, 1.807) is 19.4 Å². The third-order valence-corrected chi connectivity index (χ3v) is 4.58. The number of carbonyl (C=O) groups excluding carboxylic acids is 1. The summed E-state index contributed by atoms with van der Waals surface area (Å²) in [5.74, 6) is 0.867. The molecule has 2 N–H and O–H groups in total. The van der Waals surface area contributed by atoms with Gasteiger partial charge in [0, 0.05) is 6.54 Å². The minimum absolute atomic E-state index is 0.0758. The van der Waals surface area contributed by atoms with Gasteiger partial charge in [-0.25, -0.2) is 0 Å². The summed E-state index contributed by atoms with van der Waals surface area (Å²) in [6.07, 6.45) is 2.48. The van der Waals surface area contributed by atoms with Crippen molar-refractivity contribution in [3.8, 4) is 11.5 Å². The monoisotopic (exact) mass is 417 g/mol. The number of anilines is 1. The summed E-state index contributed by atoms with van der Waals surface area (Å²) in [6.45, 7) is 2.53. The first-order valence-electron chi connectivity index (χ1n) is 10.1. The van der Waals surface area contributed by atoms with E-state index in [4.69, 9.17) is 9.47 Å². The van der Waals surface area contributed by atoms with Crippen molar-refractivity contribution in [2.75, 3.05) is 25.7 Å². The topological polar surface area (TPSA) is 71.9 Å². The zero-order chi connectivity index (χ0) is 21.9. The Balaban J connectivity index is 1.48. The highest BCUT2D eigenvalue weighted by Gasteiger charge is 2.08. The van der Waals surface area contributed by atoms with Gasteiger partial charge in [-0.2, -0.15) is 5.10 Å². The van der Waals surface area contributed by atoms with Gasteiger partial charge in [-0.15, -0.1) is 0 Å². The van der Waals surface area contributed by atoms with E-state index in [-0.39, 0.29) is 12.5 Å². The van der Waals surface area contributed by atoms with E-state index in [1.807, 2.05) is 73.7 Å². The maximum Gasteiger partial charge on any atom is 0.257 e.